The molecule has 100 valence electrons. The first kappa shape index (κ1) is 13.6. The molecule has 0 bridgehead atoms. The highest BCUT2D eigenvalue weighted by Crippen LogP contribution is 2.20. The van der Waals surface area contributed by atoms with Crippen LogP contribution in [0.4, 0.5) is 0 Å². The fourth-order valence-electron chi connectivity index (χ4n) is 2.57. The van der Waals surface area contributed by atoms with Gasteiger partial charge >= 0.3 is 0 Å². The first-order chi connectivity index (χ1) is 8.52. The summed E-state index contributed by atoms with van der Waals surface area (Å²) in [5.41, 5.74) is 2.57. The molecule has 0 saturated carbocycles. The molecule has 0 N–H and O–H groups in total. The summed E-state index contributed by atoms with van der Waals surface area (Å²) in [7, 11) is -2.79. The van der Waals surface area contributed by atoms with Crippen LogP contribution in [0.25, 0.3) is 0 Å². The van der Waals surface area contributed by atoms with Crippen LogP contribution >= 0.6 is 0 Å². The Kier molecular flexibility index (Phi) is 4.07. The molecule has 1 heterocycles. The van der Waals surface area contributed by atoms with Gasteiger partial charge in [0.1, 0.15) is 0 Å². The molecular formula is C14H21NO2S. The van der Waals surface area contributed by atoms with Crippen molar-refractivity contribution in [2.24, 2.45) is 0 Å². The molecule has 1 aliphatic rings. The van der Waals surface area contributed by atoms with E-state index in [0.29, 0.717) is 11.5 Å². The lowest BCUT2D eigenvalue weighted by Crippen LogP contribution is -2.35. The third kappa shape index (κ3) is 3.12. The maximum Gasteiger partial charge on any atom is 0.151 e. The summed E-state index contributed by atoms with van der Waals surface area (Å²) in [5.74, 6) is 0.675. The number of sulfone groups is 1. The molecule has 0 amide bonds. The van der Waals surface area contributed by atoms with Gasteiger partial charge in [-0.25, -0.2) is 8.42 Å². The molecule has 18 heavy (non-hydrogen) atoms. The van der Waals surface area contributed by atoms with Crippen LogP contribution in [0.2, 0.25) is 0 Å². The Morgan fingerprint density at radius 3 is 2.61 bits per heavy atom. The SMILES string of the molecule is CCN(Cc1ccccc1C)[C@@H]1CCS(=O)(=O)C1. The summed E-state index contributed by atoms with van der Waals surface area (Å²) >= 11 is 0. The minimum Gasteiger partial charge on any atom is -0.295 e. The van der Waals surface area contributed by atoms with Crippen LogP contribution in [-0.2, 0) is 16.4 Å². The second-order valence-corrected chi connectivity index (χ2v) is 7.28. The number of benzene rings is 1. The predicted octanol–water partition coefficient (Wildman–Crippen LogP) is 2.00. The minimum atomic E-state index is -2.79. The first-order valence-corrected chi connectivity index (χ1v) is 8.33. The zero-order valence-electron chi connectivity index (χ0n) is 11.1. The first-order valence-electron chi connectivity index (χ1n) is 6.51. The molecule has 1 saturated heterocycles. The second-order valence-electron chi connectivity index (χ2n) is 5.05. The number of hydrogen-bond donors (Lipinski definition) is 0. The summed E-state index contributed by atoms with van der Waals surface area (Å²) in [6, 6.07) is 8.51. The fourth-order valence-corrected chi connectivity index (χ4v) is 4.33. The summed E-state index contributed by atoms with van der Waals surface area (Å²) in [6.45, 7) is 5.95. The van der Waals surface area contributed by atoms with Crippen LogP contribution in [0.1, 0.15) is 24.5 Å². The van der Waals surface area contributed by atoms with Crippen molar-refractivity contribution >= 4 is 9.84 Å². The normalized spacial score (nSPS) is 22.5. The predicted molar refractivity (Wildman–Crippen MR) is 74.3 cm³/mol. The van der Waals surface area contributed by atoms with Gasteiger partial charge in [-0.3, -0.25) is 4.90 Å². The average Bonchev–Trinajstić information content (AvgIpc) is 2.68. The van der Waals surface area contributed by atoms with Gasteiger partial charge in [-0.1, -0.05) is 31.2 Å². The Labute approximate surface area is 110 Å². The van der Waals surface area contributed by atoms with Gasteiger partial charge in [-0.15, -0.1) is 0 Å². The highest BCUT2D eigenvalue weighted by molar-refractivity contribution is 7.91. The van der Waals surface area contributed by atoms with Gasteiger partial charge in [-0.2, -0.15) is 0 Å². The molecule has 0 unspecified atom stereocenters. The second kappa shape index (κ2) is 5.41. The van der Waals surface area contributed by atoms with Crippen molar-refractivity contribution in [3.63, 3.8) is 0 Å². The number of rotatable bonds is 4. The van der Waals surface area contributed by atoms with Crippen molar-refractivity contribution in [1.29, 1.82) is 0 Å². The van der Waals surface area contributed by atoms with E-state index in [-0.39, 0.29) is 6.04 Å². The summed E-state index contributed by atoms with van der Waals surface area (Å²) < 4.78 is 23.1. The molecule has 4 heteroatoms. The van der Waals surface area contributed by atoms with Crippen LogP contribution in [0.3, 0.4) is 0 Å². The Hall–Kier alpha value is -0.870. The topological polar surface area (TPSA) is 37.4 Å². The van der Waals surface area contributed by atoms with Gasteiger partial charge in [0.2, 0.25) is 0 Å². The third-order valence-electron chi connectivity index (χ3n) is 3.77. The van der Waals surface area contributed by atoms with Crippen LogP contribution in [0.5, 0.6) is 0 Å². The van der Waals surface area contributed by atoms with Crippen LogP contribution in [-0.4, -0.2) is 37.4 Å². The van der Waals surface area contributed by atoms with Gasteiger partial charge in [0, 0.05) is 12.6 Å². The minimum absolute atomic E-state index is 0.194. The van der Waals surface area contributed by atoms with Crippen molar-refractivity contribution < 1.29 is 8.42 Å². The van der Waals surface area contributed by atoms with Crippen molar-refractivity contribution in [3.05, 3.63) is 35.4 Å². The Balaban J connectivity index is 2.09. The van der Waals surface area contributed by atoms with E-state index in [9.17, 15) is 8.42 Å². The maximum atomic E-state index is 11.6. The lowest BCUT2D eigenvalue weighted by molar-refractivity contribution is 0.214. The molecule has 0 radical (unpaired) electrons. The molecule has 0 spiro atoms. The van der Waals surface area contributed by atoms with Crippen molar-refractivity contribution in [3.8, 4) is 0 Å². The lowest BCUT2D eigenvalue weighted by atomic mass is 10.1. The van der Waals surface area contributed by atoms with Crippen molar-refractivity contribution in [1.82, 2.24) is 4.90 Å². The average molecular weight is 267 g/mol. The van der Waals surface area contributed by atoms with E-state index in [4.69, 9.17) is 0 Å². The van der Waals surface area contributed by atoms with Crippen LogP contribution < -0.4 is 0 Å². The fraction of sp³-hybridized carbons (Fsp3) is 0.571. The maximum absolute atomic E-state index is 11.6. The standard InChI is InChI=1S/C14H21NO2S/c1-3-15(14-8-9-18(16,17)11-14)10-13-7-5-4-6-12(13)2/h4-7,14H,3,8-11H2,1-2H3/t14-/m1/s1. The van der Waals surface area contributed by atoms with E-state index in [0.717, 1.165) is 19.5 Å². The molecule has 1 atom stereocenters. The van der Waals surface area contributed by atoms with Crippen LogP contribution in [0.15, 0.2) is 24.3 Å². The van der Waals surface area contributed by atoms with E-state index in [2.05, 4.69) is 30.9 Å². The summed E-state index contributed by atoms with van der Waals surface area (Å²) in [5, 5.41) is 0. The highest BCUT2D eigenvalue weighted by Gasteiger charge is 2.31. The molecule has 1 aliphatic heterocycles. The molecule has 3 nitrogen and oxygen atoms in total. The number of nitrogens with zero attached hydrogens (tertiary/aromatic N) is 1. The summed E-state index contributed by atoms with van der Waals surface area (Å²) in [6.07, 6.45) is 0.780. The van der Waals surface area contributed by atoms with E-state index in [1.165, 1.54) is 11.1 Å². The van der Waals surface area contributed by atoms with Gasteiger partial charge < -0.3 is 0 Å². The monoisotopic (exact) mass is 267 g/mol. The third-order valence-corrected chi connectivity index (χ3v) is 5.52. The van der Waals surface area contributed by atoms with Crippen molar-refractivity contribution in [2.45, 2.75) is 32.9 Å². The van der Waals surface area contributed by atoms with Gasteiger partial charge in [0.25, 0.3) is 0 Å². The molecule has 1 fully saturated rings. The van der Waals surface area contributed by atoms with Gasteiger partial charge in [0.15, 0.2) is 9.84 Å². The van der Waals surface area contributed by atoms with Gasteiger partial charge in [-0.05, 0) is 31.0 Å². The zero-order valence-corrected chi connectivity index (χ0v) is 11.9. The molecule has 0 aromatic heterocycles. The van der Waals surface area contributed by atoms with E-state index < -0.39 is 9.84 Å². The molecule has 0 aliphatic carbocycles. The molecular weight excluding hydrogens is 246 g/mol. The Morgan fingerprint density at radius 1 is 1.33 bits per heavy atom. The summed E-state index contributed by atoms with van der Waals surface area (Å²) in [4.78, 5) is 2.28. The highest BCUT2D eigenvalue weighted by atomic mass is 32.2. The Bertz CT molecular complexity index is 510. The quantitative estimate of drug-likeness (QED) is 0.837. The number of aryl methyl sites for hydroxylation is 1. The van der Waals surface area contributed by atoms with E-state index in [1.807, 2.05) is 12.1 Å². The largest absolute Gasteiger partial charge is 0.295 e. The molecule has 1 aromatic carbocycles. The van der Waals surface area contributed by atoms with E-state index >= 15 is 0 Å². The smallest absolute Gasteiger partial charge is 0.151 e. The molecule has 2 rings (SSSR count). The van der Waals surface area contributed by atoms with Crippen molar-refractivity contribution in [2.75, 3.05) is 18.1 Å². The Morgan fingerprint density at radius 2 is 2.06 bits per heavy atom. The number of hydrogen-bond acceptors (Lipinski definition) is 3. The molecule has 1 aromatic rings. The zero-order chi connectivity index (χ0) is 13.2. The van der Waals surface area contributed by atoms with Gasteiger partial charge in [0.05, 0.1) is 11.5 Å². The van der Waals surface area contributed by atoms with Crippen LogP contribution in [0, 0.1) is 6.92 Å². The van der Waals surface area contributed by atoms with E-state index in [1.54, 1.807) is 0 Å². The lowest BCUT2D eigenvalue weighted by Gasteiger charge is -2.27.